The molecule has 5 nitrogen and oxygen atoms in total. The first-order valence-corrected chi connectivity index (χ1v) is 7.48. The largest absolute Gasteiger partial charge is 0.342 e. The van der Waals surface area contributed by atoms with Gasteiger partial charge in [0.05, 0.1) is 5.69 Å². The van der Waals surface area contributed by atoms with Gasteiger partial charge < -0.3 is 10.6 Å². The molecule has 3 heterocycles. The molecule has 1 fully saturated rings. The van der Waals surface area contributed by atoms with Crippen molar-refractivity contribution in [2.75, 3.05) is 13.1 Å². The number of nitrogens with one attached hydrogen (secondary N) is 2. The van der Waals surface area contributed by atoms with Crippen LogP contribution in [0.4, 0.5) is 4.79 Å². The van der Waals surface area contributed by atoms with Gasteiger partial charge in [0.1, 0.15) is 0 Å². The number of carbonyl (C=O) groups is 1. The molecule has 0 aliphatic carbocycles. The number of hydrogen-bond acceptors (Lipinski definition) is 4. The Bertz CT molecular complexity index is 596. The third kappa shape index (κ3) is 3.15. The van der Waals surface area contributed by atoms with Crippen molar-refractivity contribution in [3.05, 3.63) is 40.3 Å². The van der Waals surface area contributed by atoms with Gasteiger partial charge in [0.25, 0.3) is 0 Å². The van der Waals surface area contributed by atoms with E-state index < -0.39 is 0 Å². The predicted molar refractivity (Wildman–Crippen MR) is 80.7 cm³/mol. The molecule has 1 aliphatic rings. The molecule has 1 atom stereocenters. The molecule has 0 spiro atoms. The van der Waals surface area contributed by atoms with E-state index >= 15 is 0 Å². The molecule has 1 aliphatic heterocycles. The van der Waals surface area contributed by atoms with Crippen LogP contribution in [0.25, 0.3) is 12.2 Å². The zero-order chi connectivity index (χ0) is 13.8. The van der Waals surface area contributed by atoms with Gasteiger partial charge in [0, 0.05) is 23.7 Å². The van der Waals surface area contributed by atoms with Gasteiger partial charge in [-0.2, -0.15) is 9.78 Å². The summed E-state index contributed by atoms with van der Waals surface area (Å²) in [6.07, 6.45) is 6.56. The number of rotatable bonds is 3. The number of carbonyl (C=O) groups excluding carboxylic acids is 1. The van der Waals surface area contributed by atoms with E-state index in [1.807, 2.05) is 35.7 Å². The summed E-state index contributed by atoms with van der Waals surface area (Å²) in [5, 5.41) is 12.5. The molecule has 0 radical (unpaired) electrons. The predicted octanol–water partition coefficient (Wildman–Crippen LogP) is 2.03. The highest BCUT2D eigenvalue weighted by molar-refractivity contribution is 7.10. The first-order chi connectivity index (χ1) is 9.81. The average Bonchev–Trinajstić information content (AvgIpc) is 3.19. The Hall–Kier alpha value is -1.92. The molecule has 2 N–H and O–H groups in total. The number of thiophene rings is 1. The first-order valence-electron chi connectivity index (χ1n) is 6.60. The number of aromatic nitrogens is 2. The highest BCUT2D eigenvalue weighted by atomic mass is 32.1. The van der Waals surface area contributed by atoms with Crippen LogP contribution in [0.2, 0.25) is 0 Å². The van der Waals surface area contributed by atoms with Gasteiger partial charge in [-0.1, -0.05) is 6.07 Å². The molecule has 3 rings (SSSR count). The number of nitrogens with zero attached hydrogens (tertiary/aromatic N) is 2. The van der Waals surface area contributed by atoms with Crippen LogP contribution in [0.1, 0.15) is 17.0 Å². The molecule has 104 valence electrons. The van der Waals surface area contributed by atoms with Gasteiger partial charge >= 0.3 is 6.03 Å². The molecule has 20 heavy (non-hydrogen) atoms. The van der Waals surface area contributed by atoms with Crippen molar-refractivity contribution in [1.82, 2.24) is 20.4 Å². The fourth-order valence-electron chi connectivity index (χ4n) is 2.11. The molecule has 0 bridgehead atoms. The van der Waals surface area contributed by atoms with Crippen LogP contribution in [0.5, 0.6) is 0 Å². The van der Waals surface area contributed by atoms with Crippen molar-refractivity contribution in [3.63, 3.8) is 0 Å². The maximum atomic E-state index is 12.0. The van der Waals surface area contributed by atoms with E-state index in [0.29, 0.717) is 0 Å². The van der Waals surface area contributed by atoms with E-state index in [4.69, 9.17) is 0 Å². The van der Waals surface area contributed by atoms with Gasteiger partial charge in [-0.05, 0) is 42.6 Å². The molecule has 1 saturated heterocycles. The summed E-state index contributed by atoms with van der Waals surface area (Å²) in [6.45, 7) is 1.79. The van der Waals surface area contributed by atoms with E-state index in [9.17, 15) is 4.79 Å². The second kappa shape index (κ2) is 6.02. The minimum atomic E-state index is -0.172. The minimum absolute atomic E-state index is 0.172. The quantitative estimate of drug-likeness (QED) is 0.908. The third-order valence-corrected chi connectivity index (χ3v) is 4.00. The summed E-state index contributed by atoms with van der Waals surface area (Å²) < 4.78 is 1.35. The van der Waals surface area contributed by atoms with Gasteiger partial charge in [-0.15, -0.1) is 11.3 Å². The lowest BCUT2D eigenvalue weighted by Gasteiger charge is -2.10. The molecule has 2 aromatic rings. The molecule has 0 saturated carbocycles. The van der Waals surface area contributed by atoms with Gasteiger partial charge in [0.2, 0.25) is 0 Å². The zero-order valence-corrected chi connectivity index (χ0v) is 11.8. The highest BCUT2D eigenvalue weighted by Crippen LogP contribution is 2.12. The Kier molecular flexibility index (Phi) is 3.94. The van der Waals surface area contributed by atoms with Gasteiger partial charge in [-0.3, -0.25) is 0 Å². The normalized spacial score (nSPS) is 18.7. The van der Waals surface area contributed by atoms with Gasteiger partial charge in [-0.25, -0.2) is 4.79 Å². The van der Waals surface area contributed by atoms with Crippen LogP contribution < -0.4 is 10.6 Å². The maximum absolute atomic E-state index is 12.0. The number of amides is 1. The van der Waals surface area contributed by atoms with E-state index in [2.05, 4.69) is 15.7 Å². The fraction of sp³-hybridized carbons (Fsp3) is 0.286. The Balaban J connectivity index is 1.62. The Morgan fingerprint density at radius 3 is 3.20 bits per heavy atom. The van der Waals surface area contributed by atoms with Crippen molar-refractivity contribution in [2.24, 2.45) is 0 Å². The lowest BCUT2D eigenvalue weighted by Crippen LogP contribution is -2.39. The molecular formula is C14H16N4OS. The SMILES string of the molecule is O=C(N[C@@H]1CCNC1)n1ccc(/C=C/c2cccs2)n1. The van der Waals surface area contributed by atoms with Crippen molar-refractivity contribution in [2.45, 2.75) is 12.5 Å². The van der Waals surface area contributed by atoms with Crippen LogP contribution >= 0.6 is 11.3 Å². The van der Waals surface area contributed by atoms with Crippen molar-refractivity contribution in [3.8, 4) is 0 Å². The summed E-state index contributed by atoms with van der Waals surface area (Å²) in [5.74, 6) is 0. The summed E-state index contributed by atoms with van der Waals surface area (Å²) >= 11 is 1.67. The number of hydrogen-bond donors (Lipinski definition) is 2. The molecule has 2 aromatic heterocycles. The van der Waals surface area contributed by atoms with Crippen LogP contribution in [0.15, 0.2) is 29.8 Å². The van der Waals surface area contributed by atoms with E-state index in [-0.39, 0.29) is 12.1 Å². The fourth-order valence-corrected chi connectivity index (χ4v) is 2.73. The standard InChI is InChI=1S/C14H16N4OS/c19-14(16-12-5-7-15-10-12)18-8-6-11(17-18)3-4-13-2-1-9-20-13/h1-4,6,8-9,12,15H,5,7,10H2,(H,16,19)/b4-3+/t12-/m1/s1. The van der Waals surface area contributed by atoms with E-state index in [1.54, 1.807) is 17.5 Å². The smallest absolute Gasteiger partial charge is 0.332 e. The maximum Gasteiger partial charge on any atom is 0.342 e. The molecule has 0 aromatic carbocycles. The summed E-state index contributed by atoms with van der Waals surface area (Å²) in [7, 11) is 0. The minimum Gasteiger partial charge on any atom is -0.332 e. The monoisotopic (exact) mass is 288 g/mol. The Labute approximate surface area is 121 Å². The van der Waals surface area contributed by atoms with Crippen molar-refractivity contribution in [1.29, 1.82) is 0 Å². The van der Waals surface area contributed by atoms with Crippen LogP contribution in [0, 0.1) is 0 Å². The second-order valence-electron chi connectivity index (χ2n) is 4.67. The van der Waals surface area contributed by atoms with E-state index in [0.717, 1.165) is 25.2 Å². The first kappa shape index (κ1) is 13.1. The Morgan fingerprint density at radius 1 is 1.50 bits per heavy atom. The lowest BCUT2D eigenvalue weighted by atomic mass is 10.3. The van der Waals surface area contributed by atoms with E-state index in [1.165, 1.54) is 9.56 Å². The molecular weight excluding hydrogens is 272 g/mol. The summed E-state index contributed by atoms with van der Waals surface area (Å²) in [6, 6.07) is 5.91. The zero-order valence-electron chi connectivity index (χ0n) is 11.0. The average molecular weight is 288 g/mol. The van der Waals surface area contributed by atoms with Crippen LogP contribution in [-0.4, -0.2) is 34.9 Å². The molecule has 0 unspecified atom stereocenters. The van der Waals surface area contributed by atoms with Crippen LogP contribution in [0.3, 0.4) is 0 Å². The van der Waals surface area contributed by atoms with Crippen molar-refractivity contribution < 1.29 is 4.79 Å². The Morgan fingerprint density at radius 2 is 2.45 bits per heavy atom. The topological polar surface area (TPSA) is 59.0 Å². The van der Waals surface area contributed by atoms with Crippen LogP contribution in [-0.2, 0) is 0 Å². The molecule has 1 amide bonds. The second-order valence-corrected chi connectivity index (χ2v) is 5.65. The third-order valence-electron chi connectivity index (χ3n) is 3.17. The highest BCUT2D eigenvalue weighted by Gasteiger charge is 2.17. The van der Waals surface area contributed by atoms with Crippen molar-refractivity contribution >= 4 is 29.5 Å². The molecule has 6 heteroatoms. The van der Waals surface area contributed by atoms with Gasteiger partial charge in [0.15, 0.2) is 0 Å². The summed E-state index contributed by atoms with van der Waals surface area (Å²) in [4.78, 5) is 13.2. The summed E-state index contributed by atoms with van der Waals surface area (Å²) in [5.41, 5.74) is 0.776. The lowest BCUT2D eigenvalue weighted by molar-refractivity contribution is 0.236.